The predicted octanol–water partition coefficient (Wildman–Crippen LogP) is 3.52. The zero-order valence-corrected chi connectivity index (χ0v) is 14.2. The van der Waals surface area contributed by atoms with Gasteiger partial charge in [0.05, 0.1) is 12.1 Å². The van der Waals surface area contributed by atoms with Crippen molar-refractivity contribution in [2.75, 3.05) is 0 Å². The summed E-state index contributed by atoms with van der Waals surface area (Å²) in [6, 6.07) is 4.76. The van der Waals surface area contributed by atoms with Crippen LogP contribution in [0, 0.1) is 10.6 Å². The largest absolute Gasteiger partial charge is 0.481 e. The third kappa shape index (κ3) is 1.99. The quantitative estimate of drug-likeness (QED) is 0.803. The van der Waals surface area contributed by atoms with Gasteiger partial charge >= 0.3 is 5.97 Å². The lowest BCUT2D eigenvalue weighted by molar-refractivity contribution is -0.136. The Balaban J connectivity index is 1.88. The van der Waals surface area contributed by atoms with Gasteiger partial charge in [-0.05, 0) is 42.4 Å². The number of halogens is 2. The molecule has 2 atom stereocenters. The summed E-state index contributed by atoms with van der Waals surface area (Å²) in [6.07, 6.45) is 0.213. The zero-order chi connectivity index (χ0) is 19.0. The van der Waals surface area contributed by atoms with Gasteiger partial charge in [0.1, 0.15) is 5.82 Å². The Morgan fingerprint density at radius 2 is 2.43 bits per heavy atom. The molecule has 0 spiro atoms. The number of nitrogens with zero attached hydrogens (tertiary/aromatic N) is 2. The molecular weight excluding hydrogens is 383 g/mol. The topological polar surface area (TPSA) is 47.2 Å². The van der Waals surface area contributed by atoms with Crippen molar-refractivity contribution in [3.8, 4) is 0 Å². The van der Waals surface area contributed by atoms with Gasteiger partial charge < -0.3 is 14.2 Å². The summed E-state index contributed by atoms with van der Waals surface area (Å²) in [7, 11) is 0. The highest BCUT2D eigenvalue weighted by atomic mass is 79.9. The van der Waals surface area contributed by atoms with Gasteiger partial charge in [-0.1, -0.05) is 15.9 Å². The molecule has 23 heavy (non-hydrogen) atoms. The van der Waals surface area contributed by atoms with Gasteiger partial charge in [0, 0.05) is 39.1 Å². The van der Waals surface area contributed by atoms with E-state index in [1.54, 1.807) is 16.7 Å². The fourth-order valence-electron chi connectivity index (χ4n) is 3.85. The molecular formula is C16H14BrFN2O2S. The summed E-state index contributed by atoms with van der Waals surface area (Å²) in [4.78, 5) is 11.3. The molecule has 120 valence electrons. The number of hydrogen-bond donors (Lipinski definition) is 1. The third-order valence-corrected chi connectivity index (χ3v) is 5.80. The van der Waals surface area contributed by atoms with Crippen molar-refractivity contribution in [3.63, 3.8) is 0 Å². The van der Waals surface area contributed by atoms with Crippen molar-refractivity contribution in [2.24, 2.45) is 6.98 Å². The van der Waals surface area contributed by atoms with E-state index in [2.05, 4.69) is 15.9 Å². The second-order valence-corrected chi connectivity index (χ2v) is 7.42. The Morgan fingerprint density at radius 1 is 1.65 bits per heavy atom. The van der Waals surface area contributed by atoms with Crippen molar-refractivity contribution >= 4 is 34.1 Å². The standard InChI is InChI=1S/C16H14BrFN2O2S/c1-19-12(5-13(21)22)14-10-6-16(10,7-20(14)15(19)23)9-4-8(17)2-3-11(9)18/h2-4,10H,5-7H2,1H3,(H,21,22)/t10-,16+/m0/s1/i1D3. The first-order valence-electron chi connectivity index (χ1n) is 8.58. The molecule has 1 aromatic carbocycles. The molecule has 0 bridgehead atoms. The van der Waals surface area contributed by atoms with E-state index in [1.165, 1.54) is 6.07 Å². The second kappa shape index (κ2) is 4.77. The van der Waals surface area contributed by atoms with E-state index >= 15 is 0 Å². The molecule has 4 rings (SSSR count). The number of imidazole rings is 1. The van der Waals surface area contributed by atoms with Crippen molar-refractivity contribution in [1.29, 1.82) is 0 Å². The minimum atomic E-state index is -2.56. The van der Waals surface area contributed by atoms with Crippen molar-refractivity contribution in [3.05, 3.63) is 50.2 Å². The molecule has 0 saturated heterocycles. The average Bonchev–Trinajstić information content (AvgIpc) is 3.02. The lowest BCUT2D eigenvalue weighted by Gasteiger charge is -2.15. The van der Waals surface area contributed by atoms with Gasteiger partial charge in [0.25, 0.3) is 0 Å². The number of carbonyl (C=O) groups is 1. The van der Waals surface area contributed by atoms with Crippen LogP contribution >= 0.6 is 28.1 Å². The summed E-state index contributed by atoms with van der Waals surface area (Å²) < 4.78 is 41.1. The summed E-state index contributed by atoms with van der Waals surface area (Å²) in [5.74, 6) is -1.58. The summed E-state index contributed by atoms with van der Waals surface area (Å²) >= 11 is 8.70. The van der Waals surface area contributed by atoms with Gasteiger partial charge in [-0.2, -0.15) is 0 Å². The maximum Gasteiger partial charge on any atom is 0.309 e. The van der Waals surface area contributed by atoms with E-state index in [0.29, 0.717) is 24.2 Å². The fourth-order valence-corrected chi connectivity index (χ4v) is 4.48. The Kier molecular flexibility index (Phi) is 2.48. The summed E-state index contributed by atoms with van der Waals surface area (Å²) in [6.45, 7) is -2.20. The first-order chi connectivity index (χ1) is 12.1. The number of benzene rings is 1. The van der Waals surface area contributed by atoms with Crippen LogP contribution in [0.1, 0.15) is 33.4 Å². The lowest BCUT2D eigenvalue weighted by Crippen LogP contribution is -2.15. The van der Waals surface area contributed by atoms with Crippen molar-refractivity contribution in [2.45, 2.75) is 30.7 Å². The molecule has 1 aliphatic heterocycles. The molecule has 0 unspecified atom stereocenters. The molecule has 1 saturated carbocycles. The van der Waals surface area contributed by atoms with Crippen LogP contribution in [-0.2, 0) is 30.2 Å². The van der Waals surface area contributed by atoms with Crippen molar-refractivity contribution in [1.82, 2.24) is 9.13 Å². The number of aromatic nitrogens is 2. The van der Waals surface area contributed by atoms with Crippen LogP contribution in [0.25, 0.3) is 0 Å². The molecule has 2 aliphatic rings. The molecule has 4 nitrogen and oxygen atoms in total. The molecule has 2 heterocycles. The molecule has 1 N–H and O–H groups in total. The first kappa shape index (κ1) is 12.0. The van der Waals surface area contributed by atoms with Crippen molar-refractivity contribution < 1.29 is 18.4 Å². The molecule has 0 amide bonds. The third-order valence-electron chi connectivity index (χ3n) is 4.91. The average molecular weight is 400 g/mol. The monoisotopic (exact) mass is 399 g/mol. The van der Waals surface area contributed by atoms with Gasteiger partial charge in [-0.3, -0.25) is 4.79 Å². The van der Waals surface area contributed by atoms with Crippen LogP contribution in [0.15, 0.2) is 22.7 Å². The molecule has 0 radical (unpaired) electrons. The first-order valence-corrected chi connectivity index (χ1v) is 8.28. The second-order valence-electron chi connectivity index (χ2n) is 6.14. The fraction of sp³-hybridized carbons (Fsp3) is 0.375. The van der Waals surface area contributed by atoms with E-state index in [4.69, 9.17) is 16.3 Å². The molecule has 7 heteroatoms. The summed E-state index contributed by atoms with van der Waals surface area (Å²) in [5.41, 5.74) is 0.879. The van der Waals surface area contributed by atoms with Gasteiger partial charge in [-0.25, -0.2) is 4.39 Å². The van der Waals surface area contributed by atoms with Crippen LogP contribution in [-0.4, -0.2) is 20.2 Å². The van der Waals surface area contributed by atoms with E-state index in [1.807, 2.05) is 0 Å². The molecule has 1 fully saturated rings. The Morgan fingerprint density at radius 3 is 3.13 bits per heavy atom. The smallest absolute Gasteiger partial charge is 0.309 e. The number of fused-ring (bicyclic) bond motifs is 3. The van der Waals surface area contributed by atoms with E-state index in [0.717, 1.165) is 9.04 Å². The minimum Gasteiger partial charge on any atom is -0.481 e. The van der Waals surface area contributed by atoms with Crippen LogP contribution in [0.4, 0.5) is 4.39 Å². The van der Waals surface area contributed by atoms with Gasteiger partial charge in [0.2, 0.25) is 0 Å². The Labute approximate surface area is 149 Å². The molecule has 2 aromatic rings. The normalized spacial score (nSPS) is 26.9. The highest BCUT2D eigenvalue weighted by molar-refractivity contribution is 9.10. The Hall–Kier alpha value is -1.47. The van der Waals surface area contributed by atoms with Gasteiger partial charge in [-0.15, -0.1) is 0 Å². The van der Waals surface area contributed by atoms with E-state index < -0.39 is 24.8 Å². The van der Waals surface area contributed by atoms with Crippen LogP contribution in [0.3, 0.4) is 0 Å². The van der Waals surface area contributed by atoms with Crippen LogP contribution < -0.4 is 0 Å². The van der Waals surface area contributed by atoms with E-state index in [9.17, 15) is 14.3 Å². The lowest BCUT2D eigenvalue weighted by atomic mass is 9.93. The number of rotatable bonds is 3. The molecule has 1 aromatic heterocycles. The Bertz CT molecular complexity index is 1020. The number of carboxylic acid groups (broad SMARTS) is 1. The zero-order valence-electron chi connectivity index (χ0n) is 14.8. The predicted molar refractivity (Wildman–Crippen MR) is 88.7 cm³/mol. The van der Waals surface area contributed by atoms with Crippen LogP contribution in [0.2, 0.25) is 0 Å². The SMILES string of the molecule is [2H]C([2H])([2H])n1c(CC(=O)O)c2n(c1=S)C[C@@]1(c3cc(Br)ccc3F)C[C@@H]21. The van der Waals surface area contributed by atoms with Gasteiger partial charge in [0.15, 0.2) is 4.77 Å². The number of carboxylic acids is 1. The summed E-state index contributed by atoms with van der Waals surface area (Å²) in [5, 5.41) is 9.25. The number of hydrogen-bond acceptors (Lipinski definition) is 2. The number of aliphatic carboxylic acids is 1. The highest BCUT2D eigenvalue weighted by Crippen LogP contribution is 2.66. The maximum atomic E-state index is 14.5. The maximum absolute atomic E-state index is 14.5. The van der Waals surface area contributed by atoms with Crippen LogP contribution in [0.5, 0.6) is 0 Å². The van der Waals surface area contributed by atoms with E-state index in [-0.39, 0.29) is 22.2 Å². The molecule has 1 aliphatic carbocycles. The minimum absolute atomic E-state index is 0.0678. The highest BCUT2D eigenvalue weighted by Gasteiger charge is 2.63.